The van der Waals surface area contributed by atoms with Gasteiger partial charge in [0.1, 0.15) is 11.5 Å². The summed E-state index contributed by atoms with van der Waals surface area (Å²) in [5.74, 6) is 16.4. The Hall–Kier alpha value is -9.10. The quantitative estimate of drug-likeness (QED) is 0.0276. The lowest BCUT2D eigenvalue weighted by Gasteiger charge is -2.16. The zero-order valence-electron chi connectivity index (χ0n) is 62.7. The predicted molar refractivity (Wildman–Crippen MR) is 426 cm³/mol. The number of aromatic nitrogens is 4. The summed E-state index contributed by atoms with van der Waals surface area (Å²) in [4.78, 5) is 22.3. The van der Waals surface area contributed by atoms with Gasteiger partial charge < -0.3 is 9.47 Å². The van der Waals surface area contributed by atoms with Crippen molar-refractivity contribution in [1.29, 1.82) is 0 Å². The van der Waals surface area contributed by atoms with Crippen molar-refractivity contribution in [2.24, 2.45) is 0 Å². The Balaban J connectivity index is 1.05. The second-order valence-electron chi connectivity index (χ2n) is 29.1. The van der Waals surface area contributed by atoms with Crippen molar-refractivity contribution in [2.75, 3.05) is 13.2 Å². The van der Waals surface area contributed by atoms with Gasteiger partial charge in [-0.3, -0.25) is 0 Å². The summed E-state index contributed by atoms with van der Waals surface area (Å²) in [6, 6.07) is 44.1. The van der Waals surface area contributed by atoms with Crippen LogP contribution in [0.25, 0.3) is 88.6 Å². The number of unbranched alkanes of at least 4 members (excludes halogenated alkanes) is 18. The molecule has 0 atom stereocenters. The third kappa shape index (κ3) is 17.4. The van der Waals surface area contributed by atoms with Gasteiger partial charge in [-0.1, -0.05) is 260 Å². The number of rotatable bonds is 28. The van der Waals surface area contributed by atoms with Crippen LogP contribution in [-0.4, -0.2) is 33.1 Å². The number of hydrogen-bond donors (Lipinski definition) is 0. The minimum Gasteiger partial charge on any atom is -0.492 e. The van der Waals surface area contributed by atoms with Crippen molar-refractivity contribution in [3.63, 3.8) is 0 Å². The summed E-state index contributed by atoms with van der Waals surface area (Å²) in [5, 5.41) is 4.05. The van der Waals surface area contributed by atoms with Crippen molar-refractivity contribution in [3.8, 4) is 80.2 Å². The number of fused-ring (bicyclic) bond motifs is 6. The van der Waals surface area contributed by atoms with E-state index in [1.54, 1.807) is 0 Å². The topological polar surface area (TPSA) is 70.0 Å². The first kappa shape index (κ1) is 72.2. The molecule has 4 heterocycles. The van der Waals surface area contributed by atoms with Crippen LogP contribution in [0.1, 0.15) is 231 Å². The molecule has 0 fully saturated rings. The molecule has 0 unspecified atom stereocenters. The van der Waals surface area contributed by atoms with E-state index in [1.807, 2.05) is 0 Å². The second-order valence-corrected chi connectivity index (χ2v) is 29.1. The van der Waals surface area contributed by atoms with Crippen LogP contribution in [-0.2, 0) is 0 Å². The zero-order valence-corrected chi connectivity index (χ0v) is 62.7. The number of aryl methyl sites for hydroxylation is 12. The smallest absolute Gasteiger partial charge is 0.136 e. The van der Waals surface area contributed by atoms with Crippen LogP contribution in [0.15, 0.2) is 121 Å². The van der Waals surface area contributed by atoms with E-state index in [0.717, 1.165) is 148 Å². The molecular formula is C94H106N4O2. The largest absolute Gasteiger partial charge is 0.492 e. The van der Waals surface area contributed by atoms with Gasteiger partial charge in [-0.2, -0.15) is 0 Å². The van der Waals surface area contributed by atoms with Gasteiger partial charge in [0.05, 0.1) is 80.3 Å². The highest BCUT2D eigenvalue weighted by molar-refractivity contribution is 6.06. The summed E-state index contributed by atoms with van der Waals surface area (Å²) >= 11 is 0. The maximum atomic E-state index is 7.04. The number of benzene rings is 7. The first-order valence-corrected chi connectivity index (χ1v) is 37.8. The van der Waals surface area contributed by atoms with Gasteiger partial charge in [0, 0.05) is 55.9 Å². The molecule has 7 aromatic carbocycles. The van der Waals surface area contributed by atoms with Gasteiger partial charge >= 0.3 is 0 Å². The number of pyridine rings is 4. The zero-order chi connectivity index (χ0) is 70.4. The number of hydrogen-bond acceptors (Lipinski definition) is 6. The van der Waals surface area contributed by atoms with Gasteiger partial charge in [0.25, 0.3) is 0 Å². The Morgan fingerprint density at radius 1 is 0.260 bits per heavy atom. The predicted octanol–water partition coefficient (Wildman–Crippen LogP) is 25.6. The first-order chi connectivity index (χ1) is 48.5. The molecular weight excluding hydrogens is 1220 g/mol. The molecule has 6 nitrogen and oxygen atoms in total. The van der Waals surface area contributed by atoms with E-state index in [9.17, 15) is 0 Å². The van der Waals surface area contributed by atoms with Gasteiger partial charge in [0.2, 0.25) is 0 Å². The van der Waals surface area contributed by atoms with Crippen LogP contribution in [0.2, 0.25) is 0 Å². The van der Waals surface area contributed by atoms with E-state index in [1.165, 1.54) is 158 Å². The third-order valence-corrected chi connectivity index (χ3v) is 20.2. The minimum absolute atomic E-state index is 0.558. The maximum absolute atomic E-state index is 7.04. The molecule has 0 bridgehead atoms. The molecule has 0 spiro atoms. The standard InChI is InChI=1S/C94H106N4O2/c1-15-17-19-21-23-25-27-29-31-33-47-99-83-59-76(38-42-78-58-80-40-36-74-44-46-82(86-67(9)51-62(4)52-68(86)10)96-92(74)94(80)98-90(78)88-71(13)55-64(6)56-72(88)14)84(100-48-34-32-30-28-26-24-22-20-18-16-2)60-75(83)37-41-77-57-79-39-35-73-43-45-81(85-65(7)49-61(3)50-66(85)8)95-91(73)93(79)97-89(77)87-69(11)53-63(5)54-70(87)12/h35-36,39-40,43-46,49-60H,15-34,47-48H2,1-14H3. The normalized spacial score (nSPS) is 11.4. The molecule has 11 aromatic rings. The molecule has 0 amide bonds. The van der Waals surface area contributed by atoms with Gasteiger partial charge in [-0.05, 0) is 165 Å². The van der Waals surface area contributed by atoms with E-state index < -0.39 is 0 Å². The van der Waals surface area contributed by atoms with Crippen LogP contribution in [0.5, 0.6) is 11.5 Å². The highest BCUT2D eigenvalue weighted by atomic mass is 16.5. The lowest BCUT2D eigenvalue weighted by atomic mass is 9.93. The lowest BCUT2D eigenvalue weighted by molar-refractivity contribution is 0.295. The van der Waals surface area contributed by atoms with E-state index >= 15 is 0 Å². The Bertz CT molecular complexity index is 4530. The molecule has 0 saturated carbocycles. The van der Waals surface area contributed by atoms with Gasteiger partial charge in [-0.25, -0.2) is 19.9 Å². The van der Waals surface area contributed by atoms with Gasteiger partial charge in [-0.15, -0.1) is 0 Å². The minimum atomic E-state index is 0.558. The van der Waals surface area contributed by atoms with Crippen LogP contribution in [0, 0.1) is 107 Å². The molecule has 0 saturated heterocycles. The molecule has 0 aliphatic carbocycles. The molecule has 11 rings (SSSR count). The molecule has 100 heavy (non-hydrogen) atoms. The van der Waals surface area contributed by atoms with Crippen LogP contribution in [0.4, 0.5) is 0 Å². The van der Waals surface area contributed by atoms with Crippen LogP contribution >= 0.6 is 0 Å². The molecule has 0 aliphatic rings. The Labute approximate surface area is 598 Å². The second kappa shape index (κ2) is 33.8. The molecule has 0 aliphatic heterocycles. The average Bonchev–Trinajstić information content (AvgIpc) is 0.756. The van der Waals surface area contributed by atoms with E-state index in [-0.39, 0.29) is 0 Å². The molecule has 0 N–H and O–H groups in total. The fraction of sp³-hybridized carbons (Fsp3) is 0.383. The van der Waals surface area contributed by atoms with Gasteiger partial charge in [0.15, 0.2) is 0 Å². The average molecular weight is 1320 g/mol. The summed E-state index contributed by atoms with van der Waals surface area (Å²) in [5.41, 5.74) is 29.1. The SMILES string of the molecule is CCCCCCCCCCCCOc1cc(C#Cc2cc3ccc4ccc(-c5c(C)cc(C)cc5C)nc4c3nc2-c2c(C)cc(C)cc2C)c(OCCCCCCCCCCCC)cc1C#Cc1cc2ccc3ccc(-c4c(C)cc(C)cc4C)nc3c2nc1-c1c(C)cc(C)cc1C. The summed E-state index contributed by atoms with van der Waals surface area (Å²) in [7, 11) is 0. The number of nitrogens with zero attached hydrogens (tertiary/aromatic N) is 4. The molecule has 514 valence electrons. The summed E-state index contributed by atoms with van der Waals surface area (Å²) in [6.45, 7) is 31.9. The summed E-state index contributed by atoms with van der Waals surface area (Å²) in [6.07, 6.45) is 24.8. The fourth-order valence-corrected chi connectivity index (χ4v) is 15.6. The van der Waals surface area contributed by atoms with E-state index in [0.29, 0.717) is 24.7 Å². The van der Waals surface area contributed by atoms with Crippen molar-refractivity contribution >= 4 is 43.6 Å². The van der Waals surface area contributed by atoms with Crippen molar-refractivity contribution in [1.82, 2.24) is 19.9 Å². The molecule has 0 radical (unpaired) electrons. The lowest BCUT2D eigenvalue weighted by Crippen LogP contribution is -2.04. The summed E-state index contributed by atoms with van der Waals surface area (Å²) < 4.78 is 14.1. The van der Waals surface area contributed by atoms with Crippen LogP contribution < -0.4 is 9.47 Å². The van der Waals surface area contributed by atoms with Crippen molar-refractivity contribution < 1.29 is 9.47 Å². The molecule has 6 heteroatoms. The highest BCUT2D eigenvalue weighted by Crippen LogP contribution is 2.39. The third-order valence-electron chi connectivity index (χ3n) is 20.2. The van der Waals surface area contributed by atoms with Crippen LogP contribution in [0.3, 0.4) is 0 Å². The number of ether oxygens (including phenoxy) is 2. The Kier molecular flexibility index (Phi) is 24.4. The first-order valence-electron chi connectivity index (χ1n) is 37.8. The van der Waals surface area contributed by atoms with E-state index in [4.69, 9.17) is 29.4 Å². The Morgan fingerprint density at radius 2 is 0.520 bits per heavy atom. The highest BCUT2D eigenvalue weighted by Gasteiger charge is 2.21. The maximum Gasteiger partial charge on any atom is 0.136 e. The monoisotopic (exact) mass is 1320 g/mol. The van der Waals surface area contributed by atoms with E-state index in [2.05, 4.69) is 242 Å². The van der Waals surface area contributed by atoms with Crippen molar-refractivity contribution in [3.05, 3.63) is 210 Å². The Morgan fingerprint density at radius 3 is 0.840 bits per heavy atom. The fourth-order valence-electron chi connectivity index (χ4n) is 15.6. The molecule has 4 aromatic heterocycles. The van der Waals surface area contributed by atoms with Crippen molar-refractivity contribution in [2.45, 2.75) is 225 Å².